The van der Waals surface area contributed by atoms with Crippen molar-refractivity contribution in [2.75, 3.05) is 6.61 Å². The Morgan fingerprint density at radius 2 is 1.82 bits per heavy atom. The zero-order chi connectivity index (χ0) is 23.4. The summed E-state index contributed by atoms with van der Waals surface area (Å²) >= 11 is 3.42. The third kappa shape index (κ3) is 4.83. The average Bonchev–Trinajstić information content (AvgIpc) is 3.08. The number of aromatic nitrogens is 1. The molecule has 4 rings (SSSR count). The molecule has 1 N–H and O–H groups in total. The van der Waals surface area contributed by atoms with Gasteiger partial charge >= 0.3 is 0 Å². The molecule has 7 heteroatoms. The van der Waals surface area contributed by atoms with Crippen LogP contribution in [0, 0.1) is 0 Å². The summed E-state index contributed by atoms with van der Waals surface area (Å²) in [7, 11) is 0. The zero-order valence-electron chi connectivity index (χ0n) is 18.1. The van der Waals surface area contributed by atoms with Crippen molar-refractivity contribution in [2.45, 2.75) is 25.9 Å². The minimum atomic E-state index is -0.727. The molecule has 0 aliphatic carbocycles. The van der Waals surface area contributed by atoms with Crippen molar-refractivity contribution < 1.29 is 19.4 Å². The van der Waals surface area contributed by atoms with Gasteiger partial charge in [-0.2, -0.15) is 0 Å². The molecule has 0 bridgehead atoms. The smallest absolute Gasteiger partial charge is 0.295 e. The molecule has 1 fully saturated rings. The molecule has 1 aromatic heterocycles. The number of hydrogen-bond acceptors (Lipinski definition) is 5. The fourth-order valence-corrected chi connectivity index (χ4v) is 4.07. The van der Waals surface area contributed by atoms with E-state index in [4.69, 9.17) is 4.74 Å². The molecule has 3 aromatic rings. The zero-order valence-corrected chi connectivity index (χ0v) is 19.7. The maximum Gasteiger partial charge on any atom is 0.295 e. The Morgan fingerprint density at radius 1 is 1.09 bits per heavy atom. The number of likely N-dealkylation sites (tertiary alicyclic amines) is 1. The molecule has 2 heterocycles. The Kier molecular flexibility index (Phi) is 6.89. The van der Waals surface area contributed by atoms with Gasteiger partial charge in [0.25, 0.3) is 11.7 Å². The first-order valence-electron chi connectivity index (χ1n) is 10.7. The van der Waals surface area contributed by atoms with Crippen LogP contribution in [0.15, 0.2) is 83.1 Å². The monoisotopic (exact) mass is 506 g/mol. The molecule has 1 saturated heterocycles. The summed E-state index contributed by atoms with van der Waals surface area (Å²) in [6.45, 7) is 2.81. The van der Waals surface area contributed by atoms with Gasteiger partial charge in [0, 0.05) is 29.0 Å². The number of carbonyl (C=O) groups excluding carboxylic acids is 2. The summed E-state index contributed by atoms with van der Waals surface area (Å²) in [5.74, 6) is -0.904. The van der Waals surface area contributed by atoms with Gasteiger partial charge in [-0.05, 0) is 60.0 Å². The van der Waals surface area contributed by atoms with Gasteiger partial charge in [0.15, 0.2) is 0 Å². The molecule has 0 radical (unpaired) electrons. The number of pyridine rings is 1. The van der Waals surface area contributed by atoms with E-state index in [1.165, 1.54) is 4.90 Å². The van der Waals surface area contributed by atoms with E-state index in [1.54, 1.807) is 42.7 Å². The minimum absolute atomic E-state index is 0.0634. The van der Waals surface area contributed by atoms with Crippen molar-refractivity contribution in [2.24, 2.45) is 0 Å². The predicted octanol–water partition coefficient (Wildman–Crippen LogP) is 5.25. The Labute approximate surface area is 200 Å². The second kappa shape index (κ2) is 10.0. The predicted molar refractivity (Wildman–Crippen MR) is 128 cm³/mol. The molecule has 1 aliphatic heterocycles. The van der Waals surface area contributed by atoms with Crippen LogP contribution in [-0.2, 0) is 16.1 Å². The molecule has 1 atom stereocenters. The molecule has 2 aromatic carbocycles. The molecule has 1 aliphatic rings. The maximum absolute atomic E-state index is 13.1. The summed E-state index contributed by atoms with van der Waals surface area (Å²) < 4.78 is 6.47. The number of amides is 1. The van der Waals surface area contributed by atoms with Crippen molar-refractivity contribution in [3.05, 3.63) is 99.8 Å². The first-order valence-corrected chi connectivity index (χ1v) is 11.4. The first-order chi connectivity index (χ1) is 16.0. The number of ketones is 1. The van der Waals surface area contributed by atoms with E-state index in [0.29, 0.717) is 17.9 Å². The van der Waals surface area contributed by atoms with E-state index < -0.39 is 17.7 Å². The summed E-state index contributed by atoms with van der Waals surface area (Å²) in [4.78, 5) is 31.8. The molecular weight excluding hydrogens is 484 g/mol. The number of benzene rings is 2. The molecular formula is C26H23BrN2O4. The van der Waals surface area contributed by atoms with E-state index >= 15 is 0 Å². The van der Waals surface area contributed by atoms with Crippen molar-refractivity contribution in [3.8, 4) is 5.75 Å². The summed E-state index contributed by atoms with van der Waals surface area (Å²) in [6, 6.07) is 17.1. The van der Waals surface area contributed by atoms with Crippen LogP contribution >= 0.6 is 15.9 Å². The third-order valence-electron chi connectivity index (χ3n) is 5.40. The fourth-order valence-electron chi connectivity index (χ4n) is 3.81. The van der Waals surface area contributed by atoms with E-state index in [1.807, 2.05) is 37.3 Å². The minimum Gasteiger partial charge on any atom is -0.507 e. The number of Topliss-reactive ketones (excluding diaryl/α,β-unsaturated/α-hetero) is 1. The third-order valence-corrected chi connectivity index (χ3v) is 5.93. The molecule has 33 heavy (non-hydrogen) atoms. The average molecular weight is 507 g/mol. The number of carbonyl (C=O) groups is 2. The van der Waals surface area contributed by atoms with Crippen molar-refractivity contribution in [1.82, 2.24) is 9.88 Å². The number of nitrogens with zero attached hydrogens (tertiary/aromatic N) is 2. The van der Waals surface area contributed by atoms with Crippen LogP contribution in [0.4, 0.5) is 0 Å². The molecule has 0 spiro atoms. The van der Waals surface area contributed by atoms with E-state index in [0.717, 1.165) is 22.0 Å². The van der Waals surface area contributed by atoms with Gasteiger partial charge in [0.05, 0.1) is 18.2 Å². The Bertz CT molecular complexity index is 1180. The van der Waals surface area contributed by atoms with Crippen molar-refractivity contribution in [3.63, 3.8) is 0 Å². The fraction of sp³-hybridized carbons (Fsp3) is 0.192. The van der Waals surface area contributed by atoms with Crippen LogP contribution in [0.2, 0.25) is 0 Å². The largest absolute Gasteiger partial charge is 0.507 e. The summed E-state index contributed by atoms with van der Waals surface area (Å²) in [6.07, 6.45) is 4.19. The molecule has 1 amide bonds. The van der Waals surface area contributed by atoms with Crippen LogP contribution in [0.1, 0.15) is 36.1 Å². The van der Waals surface area contributed by atoms with Crippen LogP contribution in [-0.4, -0.2) is 33.3 Å². The highest BCUT2D eigenvalue weighted by Crippen LogP contribution is 2.40. The second-order valence-corrected chi connectivity index (χ2v) is 8.63. The summed E-state index contributed by atoms with van der Waals surface area (Å²) in [5.41, 5.74) is 2.03. The topological polar surface area (TPSA) is 79.7 Å². The van der Waals surface area contributed by atoms with E-state index in [9.17, 15) is 14.7 Å². The number of ether oxygens (including phenoxy) is 1. The van der Waals surface area contributed by atoms with Gasteiger partial charge in [-0.25, -0.2) is 0 Å². The van der Waals surface area contributed by atoms with Gasteiger partial charge in [-0.3, -0.25) is 14.6 Å². The standard InChI is InChI=1S/C26H23BrN2O4/c1-2-14-33-21-11-7-19(8-12-21)24(30)22-23(18-5-9-20(27)10-6-18)29(26(32)25(22)31)16-17-4-3-13-28-15-17/h3-13,15,23,30H,2,14,16H2,1H3/b24-22+. The highest BCUT2D eigenvalue weighted by atomic mass is 79.9. The molecule has 168 valence electrons. The second-order valence-electron chi connectivity index (χ2n) is 7.71. The highest BCUT2D eigenvalue weighted by Gasteiger charge is 2.46. The molecule has 0 saturated carbocycles. The lowest BCUT2D eigenvalue weighted by molar-refractivity contribution is -0.140. The Morgan fingerprint density at radius 3 is 2.45 bits per heavy atom. The lowest BCUT2D eigenvalue weighted by atomic mass is 9.95. The van der Waals surface area contributed by atoms with Crippen molar-refractivity contribution in [1.29, 1.82) is 0 Å². The van der Waals surface area contributed by atoms with Crippen LogP contribution in [0.5, 0.6) is 5.75 Å². The molecule has 6 nitrogen and oxygen atoms in total. The van der Waals surface area contributed by atoms with E-state index in [2.05, 4.69) is 20.9 Å². The van der Waals surface area contributed by atoms with Gasteiger partial charge in [-0.1, -0.05) is 41.1 Å². The normalized spacial score (nSPS) is 17.4. The number of hydrogen-bond donors (Lipinski definition) is 1. The maximum atomic E-state index is 13.1. The van der Waals surface area contributed by atoms with Gasteiger partial charge in [-0.15, -0.1) is 0 Å². The number of rotatable bonds is 7. The van der Waals surface area contributed by atoms with Crippen LogP contribution < -0.4 is 4.74 Å². The summed E-state index contributed by atoms with van der Waals surface area (Å²) in [5, 5.41) is 11.2. The first kappa shape index (κ1) is 22.7. The highest BCUT2D eigenvalue weighted by molar-refractivity contribution is 9.10. The Hall–Kier alpha value is -3.45. The number of aliphatic hydroxyl groups excluding tert-OH is 1. The SMILES string of the molecule is CCCOc1ccc(/C(O)=C2\C(=O)C(=O)N(Cc3cccnc3)C2c2ccc(Br)cc2)cc1. The van der Waals surface area contributed by atoms with Crippen LogP contribution in [0.3, 0.4) is 0 Å². The van der Waals surface area contributed by atoms with Crippen LogP contribution in [0.25, 0.3) is 5.76 Å². The van der Waals surface area contributed by atoms with Gasteiger partial charge in [0.2, 0.25) is 0 Å². The lowest BCUT2D eigenvalue weighted by Gasteiger charge is -2.25. The molecule has 1 unspecified atom stereocenters. The van der Waals surface area contributed by atoms with Gasteiger partial charge < -0.3 is 14.7 Å². The van der Waals surface area contributed by atoms with Gasteiger partial charge in [0.1, 0.15) is 11.5 Å². The quantitative estimate of drug-likeness (QED) is 0.268. The van der Waals surface area contributed by atoms with Crippen molar-refractivity contribution >= 4 is 33.4 Å². The Balaban J connectivity index is 1.78. The number of aliphatic hydroxyl groups is 1. The number of halogens is 1. The lowest BCUT2D eigenvalue weighted by Crippen LogP contribution is -2.29. The van der Waals surface area contributed by atoms with E-state index in [-0.39, 0.29) is 17.9 Å².